The first-order chi connectivity index (χ1) is 9.02. The predicted octanol–water partition coefficient (Wildman–Crippen LogP) is 0.436. The maximum absolute atomic E-state index is 12.0. The second kappa shape index (κ2) is 4.97. The van der Waals surface area contributed by atoms with Crippen LogP contribution in [0.25, 0.3) is 10.9 Å². The van der Waals surface area contributed by atoms with Crippen LogP contribution in [0.3, 0.4) is 0 Å². The van der Waals surface area contributed by atoms with Gasteiger partial charge in [0.05, 0.1) is 12.6 Å². The Kier molecular flexibility index (Phi) is 3.37. The second-order valence-corrected chi connectivity index (χ2v) is 4.10. The third-order valence-corrected chi connectivity index (χ3v) is 2.70. The van der Waals surface area contributed by atoms with Gasteiger partial charge >= 0.3 is 5.97 Å². The number of benzene rings is 1. The van der Waals surface area contributed by atoms with Crippen molar-refractivity contribution in [1.29, 1.82) is 0 Å². The van der Waals surface area contributed by atoms with Crippen LogP contribution in [-0.4, -0.2) is 35.2 Å². The molecule has 7 heteroatoms. The number of carbonyl (C=O) groups is 2. The Labute approximate surface area is 109 Å². The van der Waals surface area contributed by atoms with Gasteiger partial charge in [-0.2, -0.15) is 5.10 Å². The van der Waals surface area contributed by atoms with Crippen molar-refractivity contribution >= 4 is 28.5 Å². The molecule has 0 aliphatic rings. The van der Waals surface area contributed by atoms with E-state index < -0.39 is 17.9 Å². The van der Waals surface area contributed by atoms with Crippen LogP contribution >= 0.6 is 0 Å². The van der Waals surface area contributed by atoms with Crippen LogP contribution in [0, 0.1) is 0 Å². The van der Waals surface area contributed by atoms with Gasteiger partial charge in [-0.05, 0) is 25.1 Å². The van der Waals surface area contributed by atoms with Gasteiger partial charge in [-0.15, -0.1) is 0 Å². The summed E-state index contributed by atoms with van der Waals surface area (Å²) < 4.78 is 4.54. The number of aromatic nitrogens is 2. The highest BCUT2D eigenvalue weighted by molar-refractivity contribution is 6.06. The van der Waals surface area contributed by atoms with E-state index in [2.05, 4.69) is 20.3 Å². The van der Waals surface area contributed by atoms with Gasteiger partial charge in [0.25, 0.3) is 5.91 Å². The lowest BCUT2D eigenvalue weighted by molar-refractivity contribution is -0.142. The second-order valence-electron chi connectivity index (χ2n) is 4.10. The van der Waals surface area contributed by atoms with Gasteiger partial charge in [0, 0.05) is 11.1 Å². The first-order valence-corrected chi connectivity index (χ1v) is 5.65. The normalized spacial score (nSPS) is 12.1. The summed E-state index contributed by atoms with van der Waals surface area (Å²) in [7, 11) is 1.26. The van der Waals surface area contributed by atoms with Crippen molar-refractivity contribution in [3.05, 3.63) is 23.9 Å². The molecular weight excluding hydrogens is 248 g/mol. The number of nitrogens with one attached hydrogen (secondary N) is 2. The zero-order valence-electron chi connectivity index (χ0n) is 10.6. The standard InChI is InChI=1S/C12H14N4O3/c1-6(12(18)19-2)14-11(17)10-8-4-3-7(13)5-9(8)15-16-10/h3-6H,13H2,1-2H3,(H,14,17)(H,15,16). The first kappa shape index (κ1) is 12.9. The summed E-state index contributed by atoms with van der Waals surface area (Å²) in [6.45, 7) is 1.54. The van der Waals surface area contributed by atoms with Gasteiger partial charge in [-0.1, -0.05) is 0 Å². The fourth-order valence-corrected chi connectivity index (χ4v) is 1.71. The van der Waals surface area contributed by atoms with Gasteiger partial charge < -0.3 is 15.8 Å². The lowest BCUT2D eigenvalue weighted by atomic mass is 10.2. The molecule has 0 saturated heterocycles. The van der Waals surface area contributed by atoms with E-state index in [0.717, 1.165) is 0 Å². The molecule has 0 spiro atoms. The number of nitrogens with two attached hydrogens (primary N) is 1. The van der Waals surface area contributed by atoms with Crippen molar-refractivity contribution in [2.24, 2.45) is 0 Å². The Hall–Kier alpha value is -2.57. The van der Waals surface area contributed by atoms with E-state index >= 15 is 0 Å². The molecule has 100 valence electrons. The molecule has 1 aromatic heterocycles. The van der Waals surface area contributed by atoms with Crippen LogP contribution in [0.5, 0.6) is 0 Å². The fraction of sp³-hybridized carbons (Fsp3) is 0.250. The smallest absolute Gasteiger partial charge is 0.328 e. The van der Waals surface area contributed by atoms with Gasteiger partial charge in [-0.3, -0.25) is 9.89 Å². The van der Waals surface area contributed by atoms with Crippen molar-refractivity contribution < 1.29 is 14.3 Å². The van der Waals surface area contributed by atoms with E-state index in [0.29, 0.717) is 16.6 Å². The molecule has 1 unspecified atom stereocenters. The topological polar surface area (TPSA) is 110 Å². The van der Waals surface area contributed by atoms with E-state index in [9.17, 15) is 9.59 Å². The van der Waals surface area contributed by atoms with E-state index in [-0.39, 0.29) is 5.69 Å². The third-order valence-electron chi connectivity index (χ3n) is 2.70. The average Bonchev–Trinajstić information content (AvgIpc) is 2.80. The van der Waals surface area contributed by atoms with Crippen molar-refractivity contribution in [1.82, 2.24) is 15.5 Å². The summed E-state index contributed by atoms with van der Waals surface area (Å²) in [5.74, 6) is -0.966. The van der Waals surface area contributed by atoms with E-state index in [1.807, 2.05) is 0 Å². The molecule has 7 nitrogen and oxygen atoms in total. The molecule has 0 fully saturated rings. The number of nitrogen functional groups attached to an aromatic ring is 1. The fourth-order valence-electron chi connectivity index (χ4n) is 1.71. The number of fused-ring (bicyclic) bond motifs is 1. The monoisotopic (exact) mass is 262 g/mol. The average molecular weight is 262 g/mol. The number of nitrogens with zero attached hydrogens (tertiary/aromatic N) is 1. The Morgan fingerprint density at radius 2 is 2.21 bits per heavy atom. The quantitative estimate of drug-likeness (QED) is 0.549. The highest BCUT2D eigenvalue weighted by Gasteiger charge is 2.20. The van der Waals surface area contributed by atoms with Gasteiger partial charge in [0.2, 0.25) is 0 Å². The van der Waals surface area contributed by atoms with E-state index in [1.165, 1.54) is 14.0 Å². The summed E-state index contributed by atoms with van der Waals surface area (Å²) in [6, 6.07) is 4.32. The first-order valence-electron chi connectivity index (χ1n) is 5.65. The summed E-state index contributed by atoms with van der Waals surface area (Å²) in [4.78, 5) is 23.2. The van der Waals surface area contributed by atoms with Crippen LogP contribution in [0.2, 0.25) is 0 Å². The Balaban J connectivity index is 2.25. The molecule has 0 bridgehead atoms. The summed E-state index contributed by atoms with van der Waals surface area (Å²) >= 11 is 0. The number of esters is 1. The molecule has 2 aromatic rings. The molecule has 2 rings (SSSR count). The molecule has 0 radical (unpaired) electrons. The van der Waals surface area contributed by atoms with Crippen molar-refractivity contribution in [3.8, 4) is 0 Å². The number of H-pyrrole nitrogens is 1. The Bertz CT molecular complexity index is 635. The maximum Gasteiger partial charge on any atom is 0.328 e. The molecule has 19 heavy (non-hydrogen) atoms. The molecule has 0 aliphatic carbocycles. The molecule has 1 heterocycles. The highest BCUT2D eigenvalue weighted by atomic mass is 16.5. The minimum Gasteiger partial charge on any atom is -0.467 e. The largest absolute Gasteiger partial charge is 0.467 e. The van der Waals surface area contributed by atoms with Crippen LogP contribution in [0.4, 0.5) is 5.69 Å². The summed E-state index contributed by atoms with van der Waals surface area (Å²) in [5.41, 5.74) is 7.09. The van der Waals surface area contributed by atoms with E-state index in [1.54, 1.807) is 18.2 Å². The molecule has 1 atom stereocenters. The molecule has 4 N–H and O–H groups in total. The van der Waals surface area contributed by atoms with Crippen LogP contribution < -0.4 is 11.1 Å². The molecule has 0 saturated carbocycles. The van der Waals surface area contributed by atoms with Gasteiger partial charge in [-0.25, -0.2) is 4.79 Å². The summed E-state index contributed by atoms with van der Waals surface area (Å²) in [6.07, 6.45) is 0. The number of hydrogen-bond donors (Lipinski definition) is 3. The number of amides is 1. The number of anilines is 1. The van der Waals surface area contributed by atoms with E-state index in [4.69, 9.17) is 5.73 Å². The number of rotatable bonds is 3. The molecule has 1 amide bonds. The molecule has 1 aromatic carbocycles. The zero-order chi connectivity index (χ0) is 14.0. The maximum atomic E-state index is 12.0. The minimum absolute atomic E-state index is 0.214. The number of hydrogen-bond acceptors (Lipinski definition) is 5. The van der Waals surface area contributed by atoms with Crippen LogP contribution in [-0.2, 0) is 9.53 Å². The van der Waals surface area contributed by atoms with Crippen molar-refractivity contribution in [2.45, 2.75) is 13.0 Å². The minimum atomic E-state index is -0.738. The van der Waals surface area contributed by atoms with Crippen molar-refractivity contribution in [3.63, 3.8) is 0 Å². The molecule has 0 aliphatic heterocycles. The highest BCUT2D eigenvalue weighted by Crippen LogP contribution is 2.18. The Morgan fingerprint density at radius 3 is 2.89 bits per heavy atom. The number of carbonyl (C=O) groups excluding carboxylic acids is 2. The van der Waals surface area contributed by atoms with Crippen molar-refractivity contribution in [2.75, 3.05) is 12.8 Å². The lowest BCUT2D eigenvalue weighted by Crippen LogP contribution is -2.39. The van der Waals surface area contributed by atoms with Crippen LogP contribution in [0.1, 0.15) is 17.4 Å². The van der Waals surface area contributed by atoms with Crippen LogP contribution in [0.15, 0.2) is 18.2 Å². The number of ether oxygens (including phenoxy) is 1. The predicted molar refractivity (Wildman–Crippen MR) is 69.5 cm³/mol. The number of methoxy groups -OCH3 is 1. The van der Waals surface area contributed by atoms with Gasteiger partial charge in [0.15, 0.2) is 5.69 Å². The lowest BCUT2D eigenvalue weighted by Gasteiger charge is -2.10. The van der Waals surface area contributed by atoms with Gasteiger partial charge in [0.1, 0.15) is 6.04 Å². The zero-order valence-corrected chi connectivity index (χ0v) is 10.6. The molecular formula is C12H14N4O3. The summed E-state index contributed by atoms with van der Waals surface area (Å²) in [5, 5.41) is 9.80. The third kappa shape index (κ3) is 2.49. The number of aromatic amines is 1. The Morgan fingerprint density at radius 1 is 1.47 bits per heavy atom. The SMILES string of the molecule is COC(=O)C(C)NC(=O)c1n[nH]c2cc(N)ccc12.